The Morgan fingerprint density at radius 3 is 2.19 bits per heavy atom. The van der Waals surface area contributed by atoms with Crippen molar-refractivity contribution in [2.75, 3.05) is 21.3 Å². The number of amides is 1. The van der Waals surface area contributed by atoms with Crippen molar-refractivity contribution in [3.8, 4) is 0 Å². The van der Waals surface area contributed by atoms with E-state index in [1.807, 2.05) is 13.8 Å². The van der Waals surface area contributed by atoms with Crippen LogP contribution in [0.25, 0.3) is 0 Å². The molecule has 0 saturated heterocycles. The molecule has 0 aromatic rings. The summed E-state index contributed by atoms with van der Waals surface area (Å²) in [5, 5.41) is 2.62. The van der Waals surface area contributed by atoms with Crippen molar-refractivity contribution in [3.05, 3.63) is 23.7 Å². The van der Waals surface area contributed by atoms with E-state index in [1.54, 1.807) is 33.4 Å². The second kappa shape index (κ2) is 7.79. The Labute approximate surface area is 97.3 Å². The summed E-state index contributed by atoms with van der Waals surface area (Å²) in [4.78, 5) is 11.5. The van der Waals surface area contributed by atoms with Crippen LogP contribution in [0.15, 0.2) is 23.7 Å². The Morgan fingerprint density at radius 1 is 1.31 bits per heavy atom. The lowest BCUT2D eigenvalue weighted by molar-refractivity contribution is -0.123. The standard InChI is InChI=1S/C12H21NO3/c1-6-9(12(14)13-3)8-11(16-5)10(7-2)15-4/h7-9H,6H2,1-5H3,(H,13,14)/b10-7+,11-8+. The van der Waals surface area contributed by atoms with Gasteiger partial charge in [-0.3, -0.25) is 4.79 Å². The van der Waals surface area contributed by atoms with Gasteiger partial charge in [-0.15, -0.1) is 0 Å². The molecule has 0 aromatic carbocycles. The van der Waals surface area contributed by atoms with E-state index >= 15 is 0 Å². The van der Waals surface area contributed by atoms with E-state index in [0.29, 0.717) is 17.9 Å². The minimum atomic E-state index is -0.204. The van der Waals surface area contributed by atoms with E-state index in [0.717, 1.165) is 0 Å². The van der Waals surface area contributed by atoms with Crippen molar-refractivity contribution in [3.63, 3.8) is 0 Å². The van der Waals surface area contributed by atoms with Gasteiger partial charge in [-0.25, -0.2) is 0 Å². The van der Waals surface area contributed by atoms with Crippen LogP contribution in [-0.2, 0) is 14.3 Å². The molecule has 0 fully saturated rings. The summed E-state index contributed by atoms with van der Waals surface area (Å²) in [5.74, 6) is 0.985. The number of carbonyl (C=O) groups is 1. The fourth-order valence-corrected chi connectivity index (χ4v) is 1.36. The normalized spacial score (nSPS) is 14.3. The van der Waals surface area contributed by atoms with Crippen LogP contribution in [0.5, 0.6) is 0 Å². The minimum Gasteiger partial charge on any atom is -0.493 e. The van der Waals surface area contributed by atoms with Crippen LogP contribution < -0.4 is 5.32 Å². The molecular weight excluding hydrogens is 206 g/mol. The molecule has 0 bridgehead atoms. The number of methoxy groups -OCH3 is 2. The lowest BCUT2D eigenvalue weighted by Gasteiger charge is -2.13. The quantitative estimate of drug-likeness (QED) is 0.556. The molecule has 0 rings (SSSR count). The number of hydrogen-bond donors (Lipinski definition) is 1. The van der Waals surface area contributed by atoms with Crippen molar-refractivity contribution in [1.29, 1.82) is 0 Å². The van der Waals surface area contributed by atoms with Gasteiger partial charge in [0.2, 0.25) is 5.91 Å². The van der Waals surface area contributed by atoms with E-state index in [1.165, 1.54) is 0 Å². The van der Waals surface area contributed by atoms with Gasteiger partial charge in [0.05, 0.1) is 20.1 Å². The van der Waals surface area contributed by atoms with E-state index in [4.69, 9.17) is 9.47 Å². The highest BCUT2D eigenvalue weighted by molar-refractivity contribution is 5.80. The third kappa shape index (κ3) is 3.96. The molecule has 0 aliphatic rings. The lowest BCUT2D eigenvalue weighted by atomic mass is 10.0. The molecule has 4 heteroatoms. The molecule has 4 nitrogen and oxygen atoms in total. The third-order valence-electron chi connectivity index (χ3n) is 2.32. The van der Waals surface area contributed by atoms with Crippen LogP contribution in [0, 0.1) is 5.92 Å². The first-order chi connectivity index (χ1) is 7.64. The Morgan fingerprint density at radius 2 is 1.88 bits per heavy atom. The van der Waals surface area contributed by atoms with Crippen molar-refractivity contribution in [2.24, 2.45) is 5.92 Å². The molecule has 0 aliphatic carbocycles. The van der Waals surface area contributed by atoms with E-state index in [9.17, 15) is 4.79 Å². The average Bonchev–Trinajstić information content (AvgIpc) is 2.33. The zero-order valence-corrected chi connectivity index (χ0v) is 10.7. The first kappa shape index (κ1) is 14.6. The van der Waals surface area contributed by atoms with E-state index < -0.39 is 0 Å². The van der Waals surface area contributed by atoms with Crippen molar-refractivity contribution in [2.45, 2.75) is 20.3 Å². The molecule has 0 radical (unpaired) electrons. The van der Waals surface area contributed by atoms with Gasteiger partial charge in [0, 0.05) is 7.05 Å². The smallest absolute Gasteiger partial charge is 0.226 e. The molecule has 0 aromatic heterocycles. The predicted molar refractivity (Wildman–Crippen MR) is 63.7 cm³/mol. The second-order valence-electron chi connectivity index (χ2n) is 3.22. The van der Waals surface area contributed by atoms with E-state index in [-0.39, 0.29) is 11.8 Å². The zero-order valence-electron chi connectivity index (χ0n) is 10.7. The molecular formula is C12H21NO3. The molecule has 0 saturated carbocycles. The molecule has 16 heavy (non-hydrogen) atoms. The summed E-state index contributed by atoms with van der Waals surface area (Å²) in [6.07, 6.45) is 4.29. The fourth-order valence-electron chi connectivity index (χ4n) is 1.36. The predicted octanol–water partition coefficient (Wildman–Crippen LogP) is 1.84. The number of allylic oxidation sites excluding steroid dienone is 1. The highest BCUT2D eigenvalue weighted by Crippen LogP contribution is 2.16. The van der Waals surface area contributed by atoms with Crippen molar-refractivity contribution < 1.29 is 14.3 Å². The SMILES string of the molecule is C/C=C(OC)\C(=C/C(CC)C(=O)NC)OC. The Hall–Kier alpha value is -1.45. The lowest BCUT2D eigenvalue weighted by Crippen LogP contribution is -2.26. The first-order valence-corrected chi connectivity index (χ1v) is 5.32. The Kier molecular flexibility index (Phi) is 7.09. The molecule has 1 unspecified atom stereocenters. The number of carbonyl (C=O) groups excluding carboxylic acids is 1. The molecule has 1 amide bonds. The maximum Gasteiger partial charge on any atom is 0.226 e. The van der Waals surface area contributed by atoms with Crippen molar-refractivity contribution >= 4 is 5.91 Å². The van der Waals surface area contributed by atoms with Gasteiger partial charge in [-0.2, -0.15) is 0 Å². The summed E-state index contributed by atoms with van der Waals surface area (Å²) < 4.78 is 10.4. The van der Waals surface area contributed by atoms with Gasteiger partial charge in [-0.1, -0.05) is 6.92 Å². The molecule has 1 atom stereocenters. The summed E-state index contributed by atoms with van der Waals surface area (Å²) in [7, 11) is 4.76. The number of nitrogens with one attached hydrogen (secondary N) is 1. The van der Waals surface area contributed by atoms with Gasteiger partial charge in [0.1, 0.15) is 0 Å². The highest BCUT2D eigenvalue weighted by Gasteiger charge is 2.15. The van der Waals surface area contributed by atoms with Crippen LogP contribution in [0.4, 0.5) is 0 Å². The first-order valence-electron chi connectivity index (χ1n) is 5.32. The summed E-state index contributed by atoms with van der Waals surface area (Å²) in [5.41, 5.74) is 0. The molecule has 0 heterocycles. The fraction of sp³-hybridized carbons (Fsp3) is 0.583. The van der Waals surface area contributed by atoms with Gasteiger partial charge < -0.3 is 14.8 Å². The van der Waals surface area contributed by atoms with Crippen molar-refractivity contribution in [1.82, 2.24) is 5.32 Å². The topological polar surface area (TPSA) is 47.6 Å². The summed E-state index contributed by atoms with van der Waals surface area (Å²) in [6.45, 7) is 3.80. The van der Waals surface area contributed by atoms with Crippen LogP contribution in [0.2, 0.25) is 0 Å². The molecule has 0 spiro atoms. The Balaban J connectivity index is 4.97. The minimum absolute atomic E-state index is 0.0244. The van der Waals surface area contributed by atoms with Gasteiger partial charge >= 0.3 is 0 Å². The van der Waals surface area contributed by atoms with Gasteiger partial charge in [0.25, 0.3) is 0 Å². The number of ether oxygens (including phenoxy) is 2. The van der Waals surface area contributed by atoms with Crippen LogP contribution in [-0.4, -0.2) is 27.2 Å². The van der Waals surface area contributed by atoms with Crippen LogP contribution >= 0.6 is 0 Å². The third-order valence-corrected chi connectivity index (χ3v) is 2.32. The molecule has 92 valence electrons. The van der Waals surface area contributed by atoms with Gasteiger partial charge in [-0.05, 0) is 25.5 Å². The number of hydrogen-bond acceptors (Lipinski definition) is 3. The van der Waals surface area contributed by atoms with Crippen LogP contribution in [0.3, 0.4) is 0 Å². The maximum atomic E-state index is 11.5. The van der Waals surface area contributed by atoms with E-state index in [2.05, 4.69) is 5.32 Å². The molecule has 0 aliphatic heterocycles. The highest BCUT2D eigenvalue weighted by atomic mass is 16.5. The largest absolute Gasteiger partial charge is 0.493 e. The maximum absolute atomic E-state index is 11.5. The van der Waals surface area contributed by atoms with Crippen LogP contribution in [0.1, 0.15) is 20.3 Å². The Bertz CT molecular complexity index is 282. The van der Waals surface area contributed by atoms with Gasteiger partial charge in [0.15, 0.2) is 11.5 Å². The average molecular weight is 227 g/mol. The monoisotopic (exact) mass is 227 g/mol. The molecule has 1 N–H and O–H groups in total. The second-order valence-corrected chi connectivity index (χ2v) is 3.22. The summed E-state index contributed by atoms with van der Waals surface area (Å²) in [6, 6.07) is 0. The number of rotatable bonds is 6. The zero-order chi connectivity index (χ0) is 12.6. The summed E-state index contributed by atoms with van der Waals surface area (Å²) >= 11 is 0.